The first-order chi connectivity index (χ1) is 36.7. The summed E-state index contributed by atoms with van der Waals surface area (Å²) in [6.45, 7) is 0. The number of para-hydroxylation sites is 2. The lowest BCUT2D eigenvalue weighted by molar-refractivity contribution is 0.953. The summed E-state index contributed by atoms with van der Waals surface area (Å²) in [5.41, 5.74) is 18.3. The first kappa shape index (κ1) is 42.9. The normalized spacial score (nSPS) is 11.5. The zero-order valence-corrected chi connectivity index (χ0v) is 40.2. The lowest BCUT2D eigenvalue weighted by Gasteiger charge is -2.18. The van der Waals surface area contributed by atoms with Crippen LogP contribution < -0.4 is 0 Å². The van der Waals surface area contributed by atoms with Crippen LogP contribution in [0.25, 0.3) is 134 Å². The molecule has 0 saturated carbocycles. The molecule has 346 valence electrons. The smallest absolute Gasteiger partial charge is 0.238 e. The lowest BCUT2D eigenvalue weighted by atomic mass is 9.91. The molecule has 0 spiro atoms. The molecule has 11 aromatic carbocycles. The molecule has 3 heterocycles. The van der Waals surface area contributed by atoms with E-state index in [1.54, 1.807) is 0 Å². The van der Waals surface area contributed by atoms with Crippen LogP contribution in [0, 0.1) is 0 Å². The summed E-state index contributed by atoms with van der Waals surface area (Å²) >= 11 is 0. The van der Waals surface area contributed by atoms with Crippen LogP contribution in [0.4, 0.5) is 0 Å². The van der Waals surface area contributed by atoms with Crippen molar-refractivity contribution in [1.82, 2.24) is 24.1 Å². The molecule has 0 fully saturated rings. The van der Waals surface area contributed by atoms with E-state index in [0.29, 0.717) is 17.6 Å². The van der Waals surface area contributed by atoms with E-state index in [9.17, 15) is 0 Å². The number of aromatic nitrogens is 5. The molecular weight excluding hydrogens is 899 g/mol. The van der Waals surface area contributed by atoms with E-state index >= 15 is 0 Å². The van der Waals surface area contributed by atoms with Gasteiger partial charge >= 0.3 is 0 Å². The molecule has 14 rings (SSSR count). The third kappa shape index (κ3) is 7.37. The van der Waals surface area contributed by atoms with Crippen molar-refractivity contribution in [1.29, 1.82) is 0 Å². The Labute approximate surface area is 428 Å². The molecule has 3 aromatic heterocycles. The second-order valence-corrected chi connectivity index (χ2v) is 18.8. The highest BCUT2D eigenvalue weighted by atomic mass is 15.2. The second-order valence-electron chi connectivity index (χ2n) is 18.8. The van der Waals surface area contributed by atoms with Crippen molar-refractivity contribution in [2.75, 3.05) is 0 Å². The van der Waals surface area contributed by atoms with Gasteiger partial charge in [-0.25, -0.2) is 4.98 Å². The lowest BCUT2D eigenvalue weighted by Crippen LogP contribution is -2.07. The fourth-order valence-corrected chi connectivity index (χ4v) is 11.0. The van der Waals surface area contributed by atoms with Gasteiger partial charge in [-0.2, -0.15) is 9.97 Å². The van der Waals surface area contributed by atoms with Gasteiger partial charge in [-0.1, -0.05) is 237 Å². The highest BCUT2D eigenvalue weighted by molar-refractivity contribution is 6.24. The van der Waals surface area contributed by atoms with Crippen LogP contribution in [0.3, 0.4) is 0 Å². The van der Waals surface area contributed by atoms with Gasteiger partial charge in [0, 0.05) is 38.2 Å². The maximum Gasteiger partial charge on any atom is 0.238 e. The van der Waals surface area contributed by atoms with E-state index in [4.69, 9.17) is 15.0 Å². The summed E-state index contributed by atoms with van der Waals surface area (Å²) in [5, 5.41) is 4.51. The zero-order valence-electron chi connectivity index (χ0n) is 40.2. The van der Waals surface area contributed by atoms with E-state index in [-0.39, 0.29) is 0 Å². The quantitative estimate of drug-likeness (QED) is 0.145. The third-order valence-electron chi connectivity index (χ3n) is 14.4. The number of hydrogen-bond donors (Lipinski definition) is 0. The van der Waals surface area contributed by atoms with Crippen LogP contribution in [-0.2, 0) is 0 Å². The summed E-state index contributed by atoms with van der Waals surface area (Å²) in [4.78, 5) is 16.5. The monoisotopic (exact) mass is 943 g/mol. The molecule has 0 N–H and O–H groups in total. The Kier molecular flexibility index (Phi) is 10.4. The van der Waals surface area contributed by atoms with Crippen molar-refractivity contribution < 1.29 is 0 Å². The predicted octanol–water partition coefficient (Wildman–Crippen LogP) is 17.7. The zero-order chi connectivity index (χ0) is 49.0. The van der Waals surface area contributed by atoms with E-state index in [1.165, 1.54) is 0 Å². The summed E-state index contributed by atoms with van der Waals surface area (Å²) in [6.07, 6.45) is 0. The average Bonchev–Trinajstić information content (AvgIpc) is 4.07. The first-order valence-electron chi connectivity index (χ1n) is 25.1. The molecule has 0 bridgehead atoms. The molecular formula is C69H45N5. The van der Waals surface area contributed by atoms with Gasteiger partial charge in [-0.3, -0.25) is 4.57 Å². The minimum absolute atomic E-state index is 0.530. The van der Waals surface area contributed by atoms with Crippen molar-refractivity contribution in [3.05, 3.63) is 273 Å². The molecule has 5 nitrogen and oxygen atoms in total. The van der Waals surface area contributed by atoms with Crippen LogP contribution in [-0.4, -0.2) is 24.1 Å². The van der Waals surface area contributed by atoms with Gasteiger partial charge in [0.2, 0.25) is 5.95 Å². The van der Waals surface area contributed by atoms with E-state index < -0.39 is 0 Å². The minimum Gasteiger partial charge on any atom is -0.307 e. The summed E-state index contributed by atoms with van der Waals surface area (Å²) in [7, 11) is 0. The Morgan fingerprint density at radius 1 is 0.230 bits per heavy atom. The minimum atomic E-state index is 0.530. The fourth-order valence-electron chi connectivity index (χ4n) is 11.0. The van der Waals surface area contributed by atoms with Crippen molar-refractivity contribution in [2.24, 2.45) is 0 Å². The Morgan fingerprint density at radius 2 is 0.649 bits per heavy atom. The van der Waals surface area contributed by atoms with Gasteiger partial charge < -0.3 is 4.57 Å². The van der Waals surface area contributed by atoms with Gasteiger partial charge in [0.1, 0.15) is 0 Å². The number of benzene rings is 11. The molecule has 0 amide bonds. The maximum atomic E-state index is 5.64. The first-order valence-corrected chi connectivity index (χ1v) is 25.1. The predicted molar refractivity (Wildman–Crippen MR) is 307 cm³/mol. The summed E-state index contributed by atoms with van der Waals surface area (Å²) in [5.74, 6) is 1.69. The van der Waals surface area contributed by atoms with Crippen LogP contribution in [0.1, 0.15) is 0 Å². The molecule has 0 saturated heterocycles. The Bertz CT molecular complexity index is 4390. The van der Waals surface area contributed by atoms with Crippen molar-refractivity contribution in [3.8, 4) is 90.0 Å². The topological polar surface area (TPSA) is 48.5 Å². The highest BCUT2D eigenvalue weighted by Crippen LogP contribution is 2.45. The Morgan fingerprint density at radius 3 is 1.24 bits per heavy atom. The number of nitrogens with zero attached hydrogens (tertiary/aromatic N) is 5. The molecule has 0 aliphatic heterocycles. The van der Waals surface area contributed by atoms with Crippen molar-refractivity contribution >= 4 is 43.6 Å². The Hall–Kier alpha value is -9.97. The van der Waals surface area contributed by atoms with Gasteiger partial charge in [-0.15, -0.1) is 0 Å². The fraction of sp³-hybridized carbons (Fsp3) is 0. The van der Waals surface area contributed by atoms with Crippen LogP contribution in [0.2, 0.25) is 0 Å². The number of hydrogen-bond acceptors (Lipinski definition) is 3. The van der Waals surface area contributed by atoms with E-state index in [2.05, 4.69) is 264 Å². The third-order valence-corrected chi connectivity index (χ3v) is 14.4. The molecule has 0 aliphatic rings. The molecule has 0 unspecified atom stereocenters. The van der Waals surface area contributed by atoms with Crippen molar-refractivity contribution in [2.45, 2.75) is 0 Å². The van der Waals surface area contributed by atoms with Crippen LogP contribution in [0.5, 0.6) is 0 Å². The number of rotatable bonds is 9. The standard InChI is InChI=1S/C69H45N5/c1-6-22-46(23-7-1)51-38-39-57(49-28-12-4-13-29-49)64(45-51)73-62-36-20-18-34-58(62)60-40-41-61-59-35-19-21-37-63(59)74(66(61)65(60)73)69-71-67(50-30-14-5-15-31-50)70-68(72-69)54-43-52(47-24-8-2-9-25-47)42-53(44-54)56-33-17-16-32-55(56)48-26-10-3-11-27-48/h1-45H. The molecule has 14 aromatic rings. The second kappa shape index (κ2) is 18.0. The van der Waals surface area contributed by atoms with E-state index in [0.717, 1.165) is 116 Å². The highest BCUT2D eigenvalue weighted by Gasteiger charge is 2.25. The van der Waals surface area contributed by atoms with Crippen LogP contribution >= 0.6 is 0 Å². The summed E-state index contributed by atoms with van der Waals surface area (Å²) < 4.78 is 4.77. The van der Waals surface area contributed by atoms with Gasteiger partial charge in [0.15, 0.2) is 11.6 Å². The van der Waals surface area contributed by atoms with Gasteiger partial charge in [-0.05, 0) is 86.5 Å². The largest absolute Gasteiger partial charge is 0.307 e. The SMILES string of the molecule is c1ccc(-c2cc(-c3nc(-c4ccccc4)nc(-n4c5ccccc5c5ccc6c7ccccc7n(-c7cc(-c8ccccc8)ccc7-c7ccccc7)c6c54)n3)cc(-c3ccccc3-c3ccccc3)c2)cc1. The Balaban J connectivity index is 1.09. The molecule has 5 heteroatoms. The molecule has 74 heavy (non-hydrogen) atoms. The van der Waals surface area contributed by atoms with Crippen LogP contribution in [0.15, 0.2) is 273 Å². The number of fused-ring (bicyclic) bond motifs is 7. The molecule has 0 aliphatic carbocycles. The summed E-state index contributed by atoms with van der Waals surface area (Å²) in [6, 6.07) is 97.2. The molecule has 0 atom stereocenters. The molecule has 0 radical (unpaired) electrons. The van der Waals surface area contributed by atoms with E-state index in [1.807, 2.05) is 18.2 Å². The average molecular weight is 944 g/mol. The van der Waals surface area contributed by atoms with Crippen molar-refractivity contribution in [3.63, 3.8) is 0 Å². The van der Waals surface area contributed by atoms with Gasteiger partial charge in [0.25, 0.3) is 0 Å². The van der Waals surface area contributed by atoms with Gasteiger partial charge in [0.05, 0.1) is 27.8 Å². The maximum absolute atomic E-state index is 5.64.